The molecule has 0 radical (unpaired) electrons. The Morgan fingerprint density at radius 2 is 1.74 bits per heavy atom. The average molecular weight is 415 g/mol. The maximum atomic E-state index is 13.2. The lowest BCUT2D eigenvalue weighted by Gasteiger charge is -2.12. The van der Waals surface area contributed by atoms with E-state index in [9.17, 15) is 14.0 Å². The molecule has 31 heavy (non-hydrogen) atoms. The van der Waals surface area contributed by atoms with Crippen molar-refractivity contribution in [1.29, 1.82) is 0 Å². The lowest BCUT2D eigenvalue weighted by Crippen LogP contribution is -2.42. The van der Waals surface area contributed by atoms with Crippen LogP contribution in [0.2, 0.25) is 0 Å². The number of rotatable bonds is 4. The van der Waals surface area contributed by atoms with Crippen molar-refractivity contribution in [3.05, 3.63) is 89.9 Å². The number of aromatic nitrogens is 3. The van der Waals surface area contributed by atoms with Crippen LogP contribution in [-0.2, 0) is 0 Å². The smallest absolute Gasteiger partial charge is 0.288 e. The van der Waals surface area contributed by atoms with Gasteiger partial charge in [-0.25, -0.2) is 9.37 Å². The Labute approximate surface area is 176 Å². The van der Waals surface area contributed by atoms with E-state index in [0.717, 1.165) is 29.4 Å². The number of amides is 2. The Morgan fingerprint density at radius 1 is 1.00 bits per heavy atom. The first-order valence-corrected chi connectivity index (χ1v) is 9.89. The predicted molar refractivity (Wildman–Crippen MR) is 112 cm³/mol. The molecule has 7 nitrogen and oxygen atoms in total. The molecule has 1 fully saturated rings. The fourth-order valence-electron chi connectivity index (χ4n) is 3.49. The lowest BCUT2D eigenvalue weighted by atomic mass is 10.1. The molecule has 8 heteroatoms. The number of para-hydroxylation sites is 1. The normalized spacial score (nSPS) is 13.2. The molecule has 2 N–H and O–H groups in total. The zero-order valence-electron chi connectivity index (χ0n) is 16.4. The third-order valence-electron chi connectivity index (χ3n) is 5.24. The Bertz CT molecular complexity index is 1300. The standard InChI is InChI=1S/C23H18FN5O2/c24-15-7-9-16(10-8-15)29-13-25-12-21(29)23(31)28-27-22(30)18-11-20(14-5-6-14)26-19-4-2-1-3-17(18)19/h1-4,7-14H,5-6H2,(H,27,30)(H,28,31). The van der Waals surface area contributed by atoms with E-state index in [2.05, 4.69) is 20.8 Å². The van der Waals surface area contributed by atoms with Crippen molar-refractivity contribution in [2.75, 3.05) is 0 Å². The molecular formula is C23H18FN5O2. The highest BCUT2D eigenvalue weighted by Gasteiger charge is 2.27. The van der Waals surface area contributed by atoms with Crippen LogP contribution in [0, 0.1) is 5.82 Å². The number of carbonyl (C=O) groups is 2. The highest BCUT2D eigenvalue weighted by molar-refractivity contribution is 6.07. The summed E-state index contributed by atoms with van der Waals surface area (Å²) in [4.78, 5) is 34.2. The molecule has 0 saturated heterocycles. The molecular weight excluding hydrogens is 397 g/mol. The summed E-state index contributed by atoms with van der Waals surface area (Å²) in [6.07, 6.45) is 4.95. The van der Waals surface area contributed by atoms with Crippen LogP contribution in [0.3, 0.4) is 0 Å². The van der Waals surface area contributed by atoms with Gasteiger partial charge in [-0.3, -0.25) is 30.0 Å². The Hall–Kier alpha value is -4.07. The summed E-state index contributed by atoms with van der Waals surface area (Å²) in [5.41, 5.74) is 7.80. The van der Waals surface area contributed by atoms with Crippen LogP contribution in [0.1, 0.15) is 45.3 Å². The molecule has 5 rings (SSSR count). The molecule has 1 saturated carbocycles. The second kappa shape index (κ2) is 7.64. The SMILES string of the molecule is O=C(NNC(=O)c1cncn1-c1ccc(F)cc1)c1cc(C2CC2)nc2ccccc12. The molecule has 2 aromatic carbocycles. The summed E-state index contributed by atoms with van der Waals surface area (Å²) >= 11 is 0. The fourth-order valence-corrected chi connectivity index (χ4v) is 3.49. The largest absolute Gasteiger partial charge is 0.295 e. The summed E-state index contributed by atoms with van der Waals surface area (Å²) in [5.74, 6) is -0.967. The molecule has 4 aromatic rings. The number of hydrazine groups is 1. The first-order chi connectivity index (χ1) is 15.1. The van der Waals surface area contributed by atoms with E-state index in [-0.39, 0.29) is 11.5 Å². The van der Waals surface area contributed by atoms with Gasteiger partial charge in [-0.05, 0) is 49.2 Å². The summed E-state index contributed by atoms with van der Waals surface area (Å²) < 4.78 is 14.7. The number of carbonyl (C=O) groups excluding carboxylic acids is 2. The van der Waals surface area contributed by atoms with Gasteiger partial charge in [-0.2, -0.15) is 0 Å². The molecule has 0 bridgehead atoms. The van der Waals surface area contributed by atoms with E-state index in [0.29, 0.717) is 17.2 Å². The highest BCUT2D eigenvalue weighted by Crippen LogP contribution is 2.40. The van der Waals surface area contributed by atoms with Gasteiger partial charge >= 0.3 is 0 Å². The van der Waals surface area contributed by atoms with Crippen molar-refractivity contribution in [2.45, 2.75) is 18.8 Å². The minimum absolute atomic E-state index is 0.199. The van der Waals surface area contributed by atoms with Crippen molar-refractivity contribution in [2.24, 2.45) is 0 Å². The molecule has 2 amide bonds. The number of nitrogens with zero attached hydrogens (tertiary/aromatic N) is 3. The van der Waals surface area contributed by atoms with Gasteiger partial charge in [0, 0.05) is 22.7 Å². The van der Waals surface area contributed by atoms with Gasteiger partial charge in [0.1, 0.15) is 11.5 Å². The number of hydrogen-bond acceptors (Lipinski definition) is 4. The van der Waals surface area contributed by atoms with Gasteiger partial charge in [0.05, 0.1) is 23.6 Å². The van der Waals surface area contributed by atoms with Crippen molar-refractivity contribution >= 4 is 22.7 Å². The van der Waals surface area contributed by atoms with E-state index in [4.69, 9.17) is 0 Å². The maximum Gasteiger partial charge on any atom is 0.288 e. The Kier molecular flexibility index (Phi) is 4.66. The first-order valence-electron chi connectivity index (χ1n) is 9.89. The van der Waals surface area contributed by atoms with Gasteiger partial charge in [0.15, 0.2) is 0 Å². The highest BCUT2D eigenvalue weighted by atomic mass is 19.1. The molecule has 0 atom stereocenters. The molecule has 1 aliphatic rings. The number of benzene rings is 2. The molecule has 1 aliphatic carbocycles. The first kappa shape index (κ1) is 18.9. The number of pyridine rings is 1. The summed E-state index contributed by atoms with van der Waals surface area (Å²) in [6, 6.07) is 14.9. The molecule has 154 valence electrons. The third kappa shape index (κ3) is 3.75. The number of fused-ring (bicyclic) bond motifs is 1. The minimum Gasteiger partial charge on any atom is -0.295 e. The predicted octanol–water partition coefficient (Wildman–Crippen LogP) is 3.51. The van der Waals surface area contributed by atoms with Crippen LogP contribution in [0.25, 0.3) is 16.6 Å². The molecule has 0 unspecified atom stereocenters. The van der Waals surface area contributed by atoms with Crippen molar-refractivity contribution in [1.82, 2.24) is 25.4 Å². The summed E-state index contributed by atoms with van der Waals surface area (Å²) in [5, 5.41) is 0.718. The van der Waals surface area contributed by atoms with Crippen molar-refractivity contribution in [3.8, 4) is 5.69 Å². The van der Waals surface area contributed by atoms with E-state index in [1.165, 1.54) is 41.4 Å². The quantitative estimate of drug-likeness (QED) is 0.499. The number of nitrogens with one attached hydrogen (secondary N) is 2. The van der Waals surface area contributed by atoms with Crippen LogP contribution in [-0.4, -0.2) is 26.3 Å². The third-order valence-corrected chi connectivity index (χ3v) is 5.24. The van der Waals surface area contributed by atoms with Gasteiger partial charge in [-0.15, -0.1) is 0 Å². The number of hydrogen-bond donors (Lipinski definition) is 2. The van der Waals surface area contributed by atoms with Gasteiger partial charge < -0.3 is 0 Å². The van der Waals surface area contributed by atoms with Crippen molar-refractivity contribution in [3.63, 3.8) is 0 Å². The van der Waals surface area contributed by atoms with Gasteiger partial charge in [0.2, 0.25) is 0 Å². The van der Waals surface area contributed by atoms with Crippen LogP contribution in [0.5, 0.6) is 0 Å². The fraction of sp³-hybridized carbons (Fsp3) is 0.130. The maximum absolute atomic E-state index is 13.2. The van der Waals surface area contributed by atoms with E-state index in [1.807, 2.05) is 24.3 Å². The number of halogens is 1. The average Bonchev–Trinajstić information content (AvgIpc) is 3.53. The zero-order chi connectivity index (χ0) is 21.4. The second-order valence-corrected chi connectivity index (χ2v) is 7.42. The Balaban J connectivity index is 1.37. The van der Waals surface area contributed by atoms with Crippen LogP contribution < -0.4 is 10.9 Å². The lowest BCUT2D eigenvalue weighted by molar-refractivity contribution is 0.0843. The molecule has 0 aliphatic heterocycles. The monoisotopic (exact) mass is 415 g/mol. The van der Waals surface area contributed by atoms with Gasteiger partial charge in [-0.1, -0.05) is 18.2 Å². The van der Waals surface area contributed by atoms with E-state index < -0.39 is 11.8 Å². The van der Waals surface area contributed by atoms with Crippen LogP contribution in [0.15, 0.2) is 67.1 Å². The molecule has 2 aromatic heterocycles. The van der Waals surface area contributed by atoms with Gasteiger partial charge in [0.25, 0.3) is 11.8 Å². The molecule has 2 heterocycles. The Morgan fingerprint density at radius 3 is 2.52 bits per heavy atom. The second-order valence-electron chi connectivity index (χ2n) is 7.42. The zero-order valence-corrected chi connectivity index (χ0v) is 16.4. The molecule has 0 spiro atoms. The van der Waals surface area contributed by atoms with Crippen LogP contribution >= 0.6 is 0 Å². The van der Waals surface area contributed by atoms with E-state index >= 15 is 0 Å². The topological polar surface area (TPSA) is 88.9 Å². The number of imidazole rings is 1. The van der Waals surface area contributed by atoms with E-state index in [1.54, 1.807) is 6.07 Å². The summed E-state index contributed by atoms with van der Waals surface area (Å²) in [7, 11) is 0. The van der Waals surface area contributed by atoms with Crippen molar-refractivity contribution < 1.29 is 14.0 Å². The van der Waals surface area contributed by atoms with Crippen LogP contribution in [0.4, 0.5) is 4.39 Å². The minimum atomic E-state index is -0.545. The summed E-state index contributed by atoms with van der Waals surface area (Å²) in [6.45, 7) is 0.